The Morgan fingerprint density at radius 1 is 1.15 bits per heavy atom. The standard InChI is InChI=1S/C19H21N5O2/c20-19(25)26-17-3-1-10-24-13-16(22-18(17)24)14-4-6-15(7-5-14)23-11-2-8-21-9-12-23/h1,3-7,10,13,21H,2,8-9,11-12H2,(H2,20,25). The molecule has 0 saturated carbocycles. The summed E-state index contributed by atoms with van der Waals surface area (Å²) >= 11 is 0. The topological polar surface area (TPSA) is 84.9 Å². The van der Waals surface area contributed by atoms with Crippen LogP contribution in [0.15, 0.2) is 48.8 Å². The Balaban J connectivity index is 1.62. The van der Waals surface area contributed by atoms with Crippen molar-refractivity contribution in [1.82, 2.24) is 14.7 Å². The van der Waals surface area contributed by atoms with Gasteiger partial charge in [0, 0.05) is 43.3 Å². The third kappa shape index (κ3) is 3.34. The molecule has 2 aromatic heterocycles. The van der Waals surface area contributed by atoms with Crippen LogP contribution in [0.2, 0.25) is 0 Å². The molecule has 0 unspecified atom stereocenters. The SMILES string of the molecule is NC(=O)Oc1cccn2cc(-c3ccc(N4CCCNCC4)cc3)nc12. The van der Waals surface area contributed by atoms with Crippen LogP contribution in [0.4, 0.5) is 10.5 Å². The molecule has 1 amide bonds. The molecule has 0 radical (unpaired) electrons. The molecule has 0 spiro atoms. The van der Waals surface area contributed by atoms with Crippen molar-refractivity contribution in [2.75, 3.05) is 31.1 Å². The molecule has 7 heteroatoms. The van der Waals surface area contributed by atoms with Gasteiger partial charge in [-0.2, -0.15) is 0 Å². The van der Waals surface area contributed by atoms with Gasteiger partial charge in [-0.3, -0.25) is 0 Å². The number of hydrogen-bond donors (Lipinski definition) is 2. The number of pyridine rings is 1. The number of carbonyl (C=O) groups excluding carboxylic acids is 1. The molecule has 0 atom stereocenters. The zero-order valence-corrected chi connectivity index (χ0v) is 14.4. The monoisotopic (exact) mass is 351 g/mol. The Bertz CT molecular complexity index is 911. The number of nitrogens with zero attached hydrogens (tertiary/aromatic N) is 3. The van der Waals surface area contributed by atoms with Crippen LogP contribution in [-0.4, -0.2) is 41.7 Å². The van der Waals surface area contributed by atoms with Gasteiger partial charge in [0.25, 0.3) is 0 Å². The second-order valence-corrected chi connectivity index (χ2v) is 6.29. The number of aromatic nitrogens is 2. The highest BCUT2D eigenvalue weighted by molar-refractivity contribution is 5.73. The summed E-state index contributed by atoms with van der Waals surface area (Å²) in [6.07, 6.45) is 4.07. The van der Waals surface area contributed by atoms with E-state index in [4.69, 9.17) is 10.5 Å². The number of primary amides is 1. The molecule has 3 aromatic rings. The second-order valence-electron chi connectivity index (χ2n) is 6.29. The molecule has 26 heavy (non-hydrogen) atoms. The molecule has 1 saturated heterocycles. The molecule has 134 valence electrons. The van der Waals surface area contributed by atoms with Crippen molar-refractivity contribution >= 4 is 17.4 Å². The van der Waals surface area contributed by atoms with E-state index in [-0.39, 0.29) is 0 Å². The van der Waals surface area contributed by atoms with Crippen LogP contribution < -0.4 is 20.7 Å². The van der Waals surface area contributed by atoms with Crippen LogP contribution in [0.25, 0.3) is 16.9 Å². The normalized spacial score (nSPS) is 15.0. The van der Waals surface area contributed by atoms with Crippen LogP contribution in [0.1, 0.15) is 6.42 Å². The van der Waals surface area contributed by atoms with Crippen LogP contribution in [-0.2, 0) is 0 Å². The Morgan fingerprint density at radius 3 is 2.81 bits per heavy atom. The van der Waals surface area contributed by atoms with Crippen LogP contribution in [0, 0.1) is 0 Å². The zero-order valence-electron chi connectivity index (χ0n) is 14.4. The predicted octanol–water partition coefficient (Wildman–Crippen LogP) is 2.26. The third-order valence-electron chi connectivity index (χ3n) is 4.53. The zero-order chi connectivity index (χ0) is 17.9. The Hall–Kier alpha value is -3.06. The highest BCUT2D eigenvalue weighted by atomic mass is 16.5. The van der Waals surface area contributed by atoms with Crippen molar-refractivity contribution in [1.29, 1.82) is 0 Å². The lowest BCUT2D eigenvalue weighted by atomic mass is 10.1. The van der Waals surface area contributed by atoms with Crippen molar-refractivity contribution in [3.63, 3.8) is 0 Å². The van der Waals surface area contributed by atoms with Crippen LogP contribution >= 0.6 is 0 Å². The average Bonchev–Trinajstić information content (AvgIpc) is 2.90. The van der Waals surface area contributed by atoms with Crippen molar-refractivity contribution in [3.8, 4) is 17.0 Å². The first-order chi connectivity index (χ1) is 12.7. The second kappa shape index (κ2) is 7.05. The van der Waals surface area contributed by atoms with Gasteiger partial charge in [-0.05, 0) is 37.2 Å². The largest absolute Gasteiger partial charge is 0.410 e. The minimum absolute atomic E-state index is 0.347. The number of hydrogen-bond acceptors (Lipinski definition) is 5. The minimum atomic E-state index is -0.848. The van der Waals surface area contributed by atoms with E-state index in [1.165, 1.54) is 5.69 Å². The summed E-state index contributed by atoms with van der Waals surface area (Å²) in [5, 5.41) is 3.42. The lowest BCUT2D eigenvalue weighted by Gasteiger charge is -2.22. The van der Waals surface area contributed by atoms with E-state index >= 15 is 0 Å². The number of rotatable bonds is 3. The van der Waals surface area contributed by atoms with Crippen molar-refractivity contribution in [2.45, 2.75) is 6.42 Å². The molecular weight excluding hydrogens is 330 g/mol. The molecule has 1 aromatic carbocycles. The molecular formula is C19H21N5O2. The molecule has 3 N–H and O–H groups in total. The Morgan fingerprint density at radius 2 is 2.00 bits per heavy atom. The maximum absolute atomic E-state index is 11.1. The lowest BCUT2D eigenvalue weighted by molar-refractivity contribution is 0.211. The number of ether oxygens (including phenoxy) is 1. The van der Waals surface area contributed by atoms with Crippen molar-refractivity contribution < 1.29 is 9.53 Å². The summed E-state index contributed by atoms with van der Waals surface area (Å²) < 4.78 is 6.85. The van der Waals surface area contributed by atoms with Gasteiger partial charge in [-0.1, -0.05) is 12.1 Å². The molecule has 1 aliphatic heterocycles. The molecule has 0 aliphatic carbocycles. The van der Waals surface area contributed by atoms with Gasteiger partial charge in [0.1, 0.15) is 0 Å². The first-order valence-electron chi connectivity index (χ1n) is 8.72. The fraction of sp³-hybridized carbons (Fsp3) is 0.263. The highest BCUT2D eigenvalue weighted by Crippen LogP contribution is 2.26. The van der Waals surface area contributed by atoms with E-state index in [1.807, 2.05) is 16.8 Å². The predicted molar refractivity (Wildman–Crippen MR) is 101 cm³/mol. The fourth-order valence-electron chi connectivity index (χ4n) is 3.26. The van der Waals surface area contributed by atoms with E-state index < -0.39 is 6.09 Å². The summed E-state index contributed by atoms with van der Waals surface area (Å²) in [7, 11) is 0. The van der Waals surface area contributed by atoms with Gasteiger partial charge in [-0.25, -0.2) is 9.78 Å². The fourth-order valence-corrected chi connectivity index (χ4v) is 3.26. The number of benzene rings is 1. The molecule has 4 rings (SSSR count). The van der Waals surface area contributed by atoms with E-state index in [2.05, 4.69) is 39.5 Å². The number of nitrogens with one attached hydrogen (secondary N) is 1. The maximum Gasteiger partial charge on any atom is 0.410 e. The van der Waals surface area contributed by atoms with Gasteiger partial charge < -0.3 is 25.1 Å². The molecule has 7 nitrogen and oxygen atoms in total. The smallest absolute Gasteiger partial charge is 0.406 e. The highest BCUT2D eigenvalue weighted by Gasteiger charge is 2.12. The first kappa shape index (κ1) is 16.4. The van der Waals surface area contributed by atoms with Gasteiger partial charge in [0.2, 0.25) is 0 Å². The van der Waals surface area contributed by atoms with E-state index in [1.54, 1.807) is 12.1 Å². The molecule has 0 bridgehead atoms. The minimum Gasteiger partial charge on any atom is -0.406 e. The Labute approximate surface area is 151 Å². The third-order valence-corrected chi connectivity index (χ3v) is 4.53. The number of fused-ring (bicyclic) bond motifs is 1. The van der Waals surface area contributed by atoms with Crippen LogP contribution in [0.3, 0.4) is 0 Å². The average molecular weight is 351 g/mol. The number of imidazole rings is 1. The molecule has 3 heterocycles. The van der Waals surface area contributed by atoms with Crippen molar-refractivity contribution in [3.05, 3.63) is 48.8 Å². The summed E-state index contributed by atoms with van der Waals surface area (Å²) in [5.41, 5.74) is 8.73. The number of carbonyl (C=O) groups is 1. The number of anilines is 1. The number of amides is 1. The quantitative estimate of drug-likeness (QED) is 0.756. The summed E-state index contributed by atoms with van der Waals surface area (Å²) in [6, 6.07) is 11.9. The summed E-state index contributed by atoms with van der Waals surface area (Å²) in [4.78, 5) is 18.1. The maximum atomic E-state index is 11.1. The molecule has 1 aliphatic rings. The van der Waals surface area contributed by atoms with E-state index in [0.29, 0.717) is 11.4 Å². The van der Waals surface area contributed by atoms with E-state index in [9.17, 15) is 4.79 Å². The van der Waals surface area contributed by atoms with Gasteiger partial charge in [-0.15, -0.1) is 0 Å². The van der Waals surface area contributed by atoms with Crippen LogP contribution in [0.5, 0.6) is 5.75 Å². The Kier molecular flexibility index (Phi) is 4.45. The molecule has 1 fully saturated rings. The van der Waals surface area contributed by atoms with Gasteiger partial charge in [0.05, 0.1) is 5.69 Å². The first-order valence-corrected chi connectivity index (χ1v) is 8.72. The van der Waals surface area contributed by atoms with Gasteiger partial charge in [0.15, 0.2) is 11.4 Å². The van der Waals surface area contributed by atoms with E-state index in [0.717, 1.165) is 43.9 Å². The van der Waals surface area contributed by atoms with Gasteiger partial charge >= 0.3 is 6.09 Å². The summed E-state index contributed by atoms with van der Waals surface area (Å²) in [5.74, 6) is 0.347. The van der Waals surface area contributed by atoms with Crippen molar-refractivity contribution in [2.24, 2.45) is 5.73 Å². The number of nitrogens with two attached hydrogens (primary N) is 1. The summed E-state index contributed by atoms with van der Waals surface area (Å²) in [6.45, 7) is 4.17. The lowest BCUT2D eigenvalue weighted by Crippen LogP contribution is -2.27.